The Labute approximate surface area is 119 Å². The number of aliphatic carboxylic acids is 1. The summed E-state index contributed by atoms with van der Waals surface area (Å²) in [7, 11) is 0. The number of anilines is 1. The molecule has 0 bridgehead atoms. The molecule has 0 saturated heterocycles. The molecule has 2 amide bonds. The van der Waals surface area contributed by atoms with Gasteiger partial charge in [0.05, 0.1) is 5.92 Å². The molecule has 0 spiro atoms. The minimum absolute atomic E-state index is 0.127. The number of carboxylic acids is 1. The van der Waals surface area contributed by atoms with E-state index < -0.39 is 11.9 Å². The average molecular weight is 278 g/mol. The van der Waals surface area contributed by atoms with Crippen LogP contribution in [0.1, 0.15) is 38.7 Å². The van der Waals surface area contributed by atoms with Crippen LogP contribution in [0, 0.1) is 5.92 Å². The lowest BCUT2D eigenvalue weighted by atomic mass is 10.0. The summed E-state index contributed by atoms with van der Waals surface area (Å²) in [6.45, 7) is 6.11. The third kappa shape index (κ3) is 4.91. The third-order valence-corrected chi connectivity index (χ3v) is 3.19. The monoisotopic (exact) mass is 278 g/mol. The van der Waals surface area contributed by atoms with E-state index in [0.717, 1.165) is 0 Å². The minimum Gasteiger partial charge on any atom is -0.481 e. The molecule has 0 aliphatic rings. The molecule has 0 aliphatic carbocycles. The predicted octanol–water partition coefficient (Wildman–Crippen LogP) is 3.04. The lowest BCUT2D eigenvalue weighted by Gasteiger charge is -2.12. The van der Waals surface area contributed by atoms with E-state index in [-0.39, 0.29) is 12.6 Å². The topological polar surface area (TPSA) is 78.4 Å². The molecule has 1 rings (SSSR count). The van der Waals surface area contributed by atoms with Crippen molar-refractivity contribution in [2.75, 3.05) is 11.9 Å². The third-order valence-electron chi connectivity index (χ3n) is 3.19. The number of carbonyl (C=O) groups is 2. The number of carbonyl (C=O) groups excluding carboxylic acids is 1. The van der Waals surface area contributed by atoms with Crippen molar-refractivity contribution in [3.63, 3.8) is 0 Å². The van der Waals surface area contributed by atoms with Crippen LogP contribution in [0.25, 0.3) is 0 Å². The Kier molecular flexibility index (Phi) is 6.03. The largest absolute Gasteiger partial charge is 0.481 e. The normalized spacial score (nSPS) is 12.0. The van der Waals surface area contributed by atoms with E-state index in [4.69, 9.17) is 5.11 Å². The Bertz CT molecular complexity index is 455. The first kappa shape index (κ1) is 16.0. The lowest BCUT2D eigenvalue weighted by molar-refractivity contribution is -0.141. The van der Waals surface area contributed by atoms with E-state index in [1.807, 2.05) is 24.3 Å². The molecule has 20 heavy (non-hydrogen) atoms. The smallest absolute Gasteiger partial charge is 0.319 e. The molecule has 0 radical (unpaired) electrons. The zero-order valence-electron chi connectivity index (χ0n) is 12.1. The van der Waals surface area contributed by atoms with Gasteiger partial charge in [0.25, 0.3) is 0 Å². The lowest BCUT2D eigenvalue weighted by Crippen LogP contribution is -2.35. The molecule has 0 aliphatic heterocycles. The molecular weight excluding hydrogens is 256 g/mol. The van der Waals surface area contributed by atoms with Gasteiger partial charge in [-0.05, 0) is 30.0 Å². The summed E-state index contributed by atoms with van der Waals surface area (Å²) in [5, 5.41) is 14.1. The highest BCUT2D eigenvalue weighted by Gasteiger charge is 2.15. The second kappa shape index (κ2) is 7.53. The minimum atomic E-state index is -0.894. The number of amides is 2. The molecule has 0 fully saturated rings. The quantitative estimate of drug-likeness (QED) is 0.748. The molecule has 110 valence electrons. The molecule has 0 saturated carbocycles. The van der Waals surface area contributed by atoms with Gasteiger partial charge in [0.15, 0.2) is 0 Å². The Morgan fingerprint density at radius 1 is 1.20 bits per heavy atom. The maximum atomic E-state index is 11.7. The molecule has 5 nitrogen and oxygen atoms in total. The van der Waals surface area contributed by atoms with Gasteiger partial charge in [-0.25, -0.2) is 4.79 Å². The van der Waals surface area contributed by atoms with Crippen molar-refractivity contribution in [2.45, 2.75) is 33.1 Å². The maximum absolute atomic E-state index is 11.7. The summed E-state index contributed by atoms with van der Waals surface area (Å²) >= 11 is 0. The van der Waals surface area contributed by atoms with E-state index in [1.165, 1.54) is 5.56 Å². The van der Waals surface area contributed by atoms with Crippen molar-refractivity contribution in [1.82, 2.24) is 5.32 Å². The molecule has 1 unspecified atom stereocenters. The van der Waals surface area contributed by atoms with Gasteiger partial charge in [-0.15, -0.1) is 0 Å². The Morgan fingerprint density at radius 2 is 1.80 bits per heavy atom. The molecule has 0 aromatic heterocycles. The van der Waals surface area contributed by atoms with Gasteiger partial charge >= 0.3 is 12.0 Å². The van der Waals surface area contributed by atoms with Crippen LogP contribution in [0.3, 0.4) is 0 Å². The van der Waals surface area contributed by atoms with Crippen LogP contribution in [0.2, 0.25) is 0 Å². The molecule has 1 aromatic rings. The number of benzene rings is 1. The second-order valence-corrected chi connectivity index (χ2v) is 5.06. The molecule has 1 aromatic carbocycles. The van der Waals surface area contributed by atoms with Crippen molar-refractivity contribution < 1.29 is 14.7 Å². The molecule has 3 N–H and O–H groups in total. The van der Waals surface area contributed by atoms with E-state index in [9.17, 15) is 9.59 Å². The van der Waals surface area contributed by atoms with Gasteiger partial charge in [-0.1, -0.05) is 32.9 Å². The fourth-order valence-corrected chi connectivity index (χ4v) is 1.75. The number of carboxylic acid groups (broad SMARTS) is 1. The zero-order valence-corrected chi connectivity index (χ0v) is 12.1. The molecule has 0 heterocycles. The molecule has 5 heteroatoms. The summed E-state index contributed by atoms with van der Waals surface area (Å²) in [5.74, 6) is -1.00. The van der Waals surface area contributed by atoms with Gasteiger partial charge in [0.2, 0.25) is 0 Å². The SMILES string of the molecule is CCC(CNC(=O)Nc1ccc(C(C)C)cc1)C(=O)O. The van der Waals surface area contributed by atoms with Crippen molar-refractivity contribution in [1.29, 1.82) is 0 Å². The summed E-state index contributed by atoms with van der Waals surface area (Å²) in [6.07, 6.45) is 0.485. The van der Waals surface area contributed by atoms with E-state index in [2.05, 4.69) is 24.5 Å². The summed E-state index contributed by atoms with van der Waals surface area (Å²) in [6, 6.07) is 7.22. The molecular formula is C15H22N2O3. The Morgan fingerprint density at radius 3 is 2.25 bits per heavy atom. The number of hydrogen-bond acceptors (Lipinski definition) is 2. The number of urea groups is 1. The highest BCUT2D eigenvalue weighted by atomic mass is 16.4. The fraction of sp³-hybridized carbons (Fsp3) is 0.467. The van der Waals surface area contributed by atoms with E-state index in [0.29, 0.717) is 18.0 Å². The number of hydrogen-bond donors (Lipinski definition) is 3. The molecule has 1 atom stereocenters. The Balaban J connectivity index is 2.48. The van der Waals surface area contributed by atoms with E-state index >= 15 is 0 Å². The first-order chi connectivity index (χ1) is 9.43. The predicted molar refractivity (Wildman–Crippen MR) is 79.0 cm³/mol. The first-order valence-corrected chi connectivity index (χ1v) is 6.81. The highest BCUT2D eigenvalue weighted by Crippen LogP contribution is 2.16. The summed E-state index contributed by atoms with van der Waals surface area (Å²) < 4.78 is 0. The summed E-state index contributed by atoms with van der Waals surface area (Å²) in [5.41, 5.74) is 1.89. The average Bonchev–Trinajstić information content (AvgIpc) is 2.39. The van der Waals surface area contributed by atoms with Crippen molar-refractivity contribution in [3.05, 3.63) is 29.8 Å². The first-order valence-electron chi connectivity index (χ1n) is 6.81. The summed E-state index contributed by atoms with van der Waals surface area (Å²) in [4.78, 5) is 22.5. The second-order valence-electron chi connectivity index (χ2n) is 5.06. The fourth-order valence-electron chi connectivity index (χ4n) is 1.75. The van der Waals surface area contributed by atoms with Gasteiger partial charge in [0.1, 0.15) is 0 Å². The van der Waals surface area contributed by atoms with Crippen LogP contribution in [0.15, 0.2) is 24.3 Å². The van der Waals surface area contributed by atoms with Gasteiger partial charge in [-0.3, -0.25) is 4.79 Å². The van der Waals surface area contributed by atoms with Crippen molar-refractivity contribution in [2.24, 2.45) is 5.92 Å². The van der Waals surface area contributed by atoms with Crippen LogP contribution >= 0.6 is 0 Å². The zero-order chi connectivity index (χ0) is 15.1. The van der Waals surface area contributed by atoms with Gasteiger partial charge in [-0.2, -0.15) is 0 Å². The van der Waals surface area contributed by atoms with Gasteiger partial charge in [0, 0.05) is 12.2 Å². The number of nitrogens with one attached hydrogen (secondary N) is 2. The number of rotatable bonds is 6. The highest BCUT2D eigenvalue weighted by molar-refractivity contribution is 5.89. The standard InChI is InChI=1S/C15H22N2O3/c1-4-11(14(18)19)9-16-15(20)17-13-7-5-12(6-8-13)10(2)3/h5-8,10-11H,4,9H2,1-3H3,(H,18,19)(H2,16,17,20). The van der Waals surface area contributed by atoms with Gasteiger partial charge < -0.3 is 15.7 Å². The van der Waals surface area contributed by atoms with Crippen LogP contribution in [-0.4, -0.2) is 23.7 Å². The Hall–Kier alpha value is -2.04. The van der Waals surface area contributed by atoms with Crippen molar-refractivity contribution >= 4 is 17.7 Å². The van der Waals surface area contributed by atoms with Crippen LogP contribution in [0.5, 0.6) is 0 Å². The van der Waals surface area contributed by atoms with E-state index in [1.54, 1.807) is 6.92 Å². The maximum Gasteiger partial charge on any atom is 0.319 e. The van der Waals surface area contributed by atoms with Crippen LogP contribution in [0.4, 0.5) is 10.5 Å². The van der Waals surface area contributed by atoms with Crippen LogP contribution in [-0.2, 0) is 4.79 Å². The van der Waals surface area contributed by atoms with Crippen molar-refractivity contribution in [3.8, 4) is 0 Å². The van der Waals surface area contributed by atoms with Crippen LogP contribution < -0.4 is 10.6 Å².